The van der Waals surface area contributed by atoms with Gasteiger partial charge in [-0.05, 0) is 24.3 Å². The molecule has 0 heterocycles. The van der Waals surface area contributed by atoms with Crippen LogP contribution in [0.2, 0.25) is 5.02 Å². The van der Waals surface area contributed by atoms with Gasteiger partial charge in [0.15, 0.2) is 0 Å². The monoisotopic (exact) mass is 278 g/mol. The number of methoxy groups -OCH3 is 1. The summed E-state index contributed by atoms with van der Waals surface area (Å²) < 4.78 is 10.6. The van der Waals surface area contributed by atoms with Crippen LogP contribution in [0.15, 0.2) is 42.5 Å². The van der Waals surface area contributed by atoms with E-state index in [0.717, 1.165) is 0 Å². The van der Waals surface area contributed by atoms with Gasteiger partial charge in [0, 0.05) is 0 Å². The molecule has 0 radical (unpaired) electrons. The molecule has 1 N–H and O–H groups in total. The van der Waals surface area contributed by atoms with Crippen LogP contribution in [-0.4, -0.2) is 18.2 Å². The molecule has 4 nitrogen and oxygen atoms in total. The first-order valence-electron chi connectivity index (χ1n) is 5.46. The van der Waals surface area contributed by atoms with Crippen LogP contribution in [0.5, 0.6) is 17.2 Å². The van der Waals surface area contributed by atoms with Crippen molar-refractivity contribution in [3.63, 3.8) is 0 Å². The van der Waals surface area contributed by atoms with Gasteiger partial charge in [0.05, 0.1) is 12.1 Å². The molecule has 0 amide bonds. The number of carbonyl (C=O) groups is 1. The van der Waals surface area contributed by atoms with Crippen LogP contribution in [-0.2, 0) is 0 Å². The summed E-state index contributed by atoms with van der Waals surface area (Å²) in [7, 11) is 1.40. The predicted octanol–water partition coefficient (Wildman–Crippen LogP) is 3.84. The average Bonchev–Trinajstić information content (AvgIpc) is 2.40. The van der Waals surface area contributed by atoms with Crippen LogP contribution in [0.1, 0.15) is 10.4 Å². The third-order valence-corrected chi connectivity index (χ3v) is 2.79. The maximum Gasteiger partial charge on any atom is 0.343 e. The van der Waals surface area contributed by atoms with E-state index >= 15 is 0 Å². The van der Waals surface area contributed by atoms with Crippen LogP contribution >= 0.6 is 11.6 Å². The topological polar surface area (TPSA) is 55.8 Å². The zero-order valence-electron chi connectivity index (χ0n) is 10.1. The Morgan fingerprint density at radius 3 is 2.32 bits per heavy atom. The van der Waals surface area contributed by atoms with E-state index in [9.17, 15) is 9.90 Å². The number of aromatic carboxylic acids is 1. The molecular formula is C14H11ClO4. The van der Waals surface area contributed by atoms with Gasteiger partial charge >= 0.3 is 5.97 Å². The lowest BCUT2D eigenvalue weighted by molar-refractivity contribution is 0.0690. The Labute approximate surface area is 115 Å². The van der Waals surface area contributed by atoms with E-state index in [-0.39, 0.29) is 17.1 Å². The Bertz CT molecular complexity index is 610. The molecule has 0 aliphatic heterocycles. The maximum absolute atomic E-state index is 11.3. The number of halogens is 1. The summed E-state index contributed by atoms with van der Waals surface area (Å²) in [5.41, 5.74) is -0.0371. The number of para-hydroxylation sites is 1. The average molecular weight is 279 g/mol. The molecule has 0 saturated carbocycles. The standard InChI is InChI=1S/C14H11ClO4/c1-18-11-7-4-8-12(13(11)14(16)17)19-10-6-3-2-5-9(10)15/h2-8H,1H3,(H,16,17). The first-order chi connectivity index (χ1) is 9.13. The van der Waals surface area contributed by atoms with Crippen molar-refractivity contribution in [2.24, 2.45) is 0 Å². The van der Waals surface area contributed by atoms with Crippen LogP contribution in [0.4, 0.5) is 0 Å². The number of ether oxygens (including phenoxy) is 2. The summed E-state index contributed by atoms with van der Waals surface area (Å²) >= 11 is 5.98. The summed E-state index contributed by atoms with van der Waals surface area (Å²) in [6.07, 6.45) is 0. The Balaban J connectivity index is 2.46. The number of benzene rings is 2. The lowest BCUT2D eigenvalue weighted by Gasteiger charge is -2.12. The van der Waals surface area contributed by atoms with Crippen molar-refractivity contribution < 1.29 is 19.4 Å². The third-order valence-electron chi connectivity index (χ3n) is 2.48. The molecule has 0 atom stereocenters. The highest BCUT2D eigenvalue weighted by Crippen LogP contribution is 2.34. The molecule has 2 aromatic carbocycles. The van der Waals surface area contributed by atoms with Gasteiger partial charge in [-0.15, -0.1) is 0 Å². The largest absolute Gasteiger partial charge is 0.496 e. The van der Waals surface area contributed by atoms with Crippen LogP contribution in [0.25, 0.3) is 0 Å². The minimum absolute atomic E-state index is 0.0371. The summed E-state index contributed by atoms with van der Waals surface area (Å²) in [6, 6.07) is 11.6. The van der Waals surface area contributed by atoms with Gasteiger partial charge in [0.25, 0.3) is 0 Å². The van der Waals surface area contributed by atoms with Crippen molar-refractivity contribution >= 4 is 17.6 Å². The molecule has 0 spiro atoms. The lowest BCUT2D eigenvalue weighted by Crippen LogP contribution is -2.03. The zero-order valence-corrected chi connectivity index (χ0v) is 10.8. The normalized spacial score (nSPS) is 10.0. The number of hydrogen-bond donors (Lipinski definition) is 1. The quantitative estimate of drug-likeness (QED) is 0.923. The molecule has 0 aliphatic carbocycles. The van der Waals surface area contributed by atoms with Crippen molar-refractivity contribution in [2.75, 3.05) is 7.11 Å². The number of rotatable bonds is 4. The van der Waals surface area contributed by atoms with Gasteiger partial charge in [-0.2, -0.15) is 0 Å². The molecule has 19 heavy (non-hydrogen) atoms. The smallest absolute Gasteiger partial charge is 0.343 e. The Morgan fingerprint density at radius 1 is 1.05 bits per heavy atom. The minimum atomic E-state index is -1.13. The summed E-state index contributed by atoms with van der Waals surface area (Å²) in [5.74, 6) is -0.323. The van der Waals surface area contributed by atoms with Gasteiger partial charge in [0.1, 0.15) is 22.8 Å². The first-order valence-corrected chi connectivity index (χ1v) is 5.84. The van der Waals surface area contributed by atoms with Crippen molar-refractivity contribution in [1.29, 1.82) is 0 Å². The number of carboxylic acids is 1. The number of carboxylic acid groups (broad SMARTS) is 1. The van der Waals surface area contributed by atoms with Crippen LogP contribution in [0.3, 0.4) is 0 Å². The van der Waals surface area contributed by atoms with Crippen molar-refractivity contribution in [3.05, 3.63) is 53.1 Å². The zero-order chi connectivity index (χ0) is 13.8. The SMILES string of the molecule is COc1cccc(Oc2ccccc2Cl)c1C(=O)O. The van der Waals surface area contributed by atoms with Gasteiger partial charge in [-0.25, -0.2) is 4.79 Å². The van der Waals surface area contributed by atoms with E-state index in [0.29, 0.717) is 10.8 Å². The molecular weight excluding hydrogens is 268 g/mol. The van der Waals surface area contributed by atoms with E-state index in [1.54, 1.807) is 42.5 Å². The summed E-state index contributed by atoms with van der Waals surface area (Å²) in [5, 5.41) is 9.64. The second kappa shape index (κ2) is 5.63. The third kappa shape index (κ3) is 2.80. The molecule has 98 valence electrons. The highest BCUT2D eigenvalue weighted by Gasteiger charge is 2.18. The number of hydrogen-bond acceptors (Lipinski definition) is 3. The lowest BCUT2D eigenvalue weighted by atomic mass is 10.2. The van der Waals surface area contributed by atoms with E-state index in [1.165, 1.54) is 7.11 Å². The van der Waals surface area contributed by atoms with Crippen molar-refractivity contribution in [1.82, 2.24) is 0 Å². The van der Waals surface area contributed by atoms with Gasteiger partial charge in [0.2, 0.25) is 0 Å². The molecule has 2 aromatic rings. The fourth-order valence-electron chi connectivity index (χ4n) is 1.62. The predicted molar refractivity (Wildman–Crippen MR) is 71.5 cm³/mol. The maximum atomic E-state index is 11.3. The fourth-order valence-corrected chi connectivity index (χ4v) is 1.80. The molecule has 0 saturated heterocycles. The molecule has 0 aliphatic rings. The van der Waals surface area contributed by atoms with Crippen molar-refractivity contribution in [2.45, 2.75) is 0 Å². The first kappa shape index (κ1) is 13.2. The highest BCUT2D eigenvalue weighted by molar-refractivity contribution is 6.32. The van der Waals surface area contributed by atoms with Crippen LogP contribution in [0, 0.1) is 0 Å². The van der Waals surface area contributed by atoms with E-state index < -0.39 is 5.97 Å². The molecule has 0 unspecified atom stereocenters. The molecule has 2 rings (SSSR count). The van der Waals surface area contributed by atoms with E-state index in [2.05, 4.69) is 0 Å². The summed E-state index contributed by atoms with van der Waals surface area (Å²) in [6.45, 7) is 0. The van der Waals surface area contributed by atoms with Gasteiger partial charge in [-0.1, -0.05) is 29.8 Å². The highest BCUT2D eigenvalue weighted by atomic mass is 35.5. The molecule has 5 heteroatoms. The van der Waals surface area contributed by atoms with Gasteiger partial charge < -0.3 is 14.6 Å². The summed E-state index contributed by atoms with van der Waals surface area (Å²) in [4.78, 5) is 11.3. The van der Waals surface area contributed by atoms with Crippen molar-refractivity contribution in [3.8, 4) is 17.2 Å². The fraction of sp³-hybridized carbons (Fsp3) is 0.0714. The van der Waals surface area contributed by atoms with Gasteiger partial charge in [-0.3, -0.25) is 0 Å². The Kier molecular flexibility index (Phi) is 3.92. The van der Waals surface area contributed by atoms with Crippen LogP contribution < -0.4 is 9.47 Å². The second-order valence-electron chi connectivity index (χ2n) is 3.67. The second-order valence-corrected chi connectivity index (χ2v) is 4.08. The minimum Gasteiger partial charge on any atom is -0.496 e. The molecule has 0 bridgehead atoms. The molecule has 0 aromatic heterocycles. The van der Waals surface area contributed by atoms with E-state index in [1.807, 2.05) is 0 Å². The Morgan fingerprint density at radius 2 is 1.68 bits per heavy atom. The molecule has 0 fully saturated rings. The van der Waals surface area contributed by atoms with E-state index in [4.69, 9.17) is 21.1 Å². The Hall–Kier alpha value is -2.20.